The van der Waals surface area contributed by atoms with Gasteiger partial charge in [0, 0.05) is 29.5 Å². The molecule has 0 unspecified atom stereocenters. The third-order valence-electron chi connectivity index (χ3n) is 5.14. The van der Waals surface area contributed by atoms with Crippen LogP contribution in [0.5, 0.6) is 0 Å². The molecule has 0 bridgehead atoms. The SMILES string of the molecule is CCN1C(=O)c2ccccc2N2C(=O)CC[C@@]12C(=O)Nc1cccc(Br)c1. The quantitative estimate of drug-likeness (QED) is 0.815. The first-order valence-corrected chi connectivity index (χ1v) is 9.59. The van der Waals surface area contributed by atoms with Crippen LogP contribution in [0, 0.1) is 0 Å². The molecule has 2 aliphatic heterocycles. The number of nitrogens with zero attached hydrogens (tertiary/aromatic N) is 2. The number of benzene rings is 2. The normalized spacial score (nSPS) is 21.1. The predicted molar refractivity (Wildman–Crippen MR) is 105 cm³/mol. The number of fused-ring (bicyclic) bond motifs is 3. The number of rotatable bonds is 3. The Kier molecular flexibility index (Phi) is 4.26. The zero-order valence-corrected chi connectivity index (χ0v) is 16.3. The van der Waals surface area contributed by atoms with Crippen LogP contribution in [0.3, 0.4) is 0 Å². The zero-order chi connectivity index (χ0) is 19.2. The Morgan fingerprint density at radius 1 is 1.19 bits per heavy atom. The Labute approximate surface area is 165 Å². The minimum absolute atomic E-state index is 0.155. The first kappa shape index (κ1) is 17.7. The van der Waals surface area contributed by atoms with E-state index in [-0.39, 0.29) is 30.6 Å². The highest BCUT2D eigenvalue weighted by Crippen LogP contribution is 2.44. The van der Waals surface area contributed by atoms with E-state index in [2.05, 4.69) is 21.2 Å². The van der Waals surface area contributed by atoms with Gasteiger partial charge in [-0.3, -0.25) is 19.3 Å². The second kappa shape index (κ2) is 6.49. The van der Waals surface area contributed by atoms with Gasteiger partial charge < -0.3 is 10.2 Å². The van der Waals surface area contributed by atoms with E-state index in [1.54, 1.807) is 36.4 Å². The molecule has 27 heavy (non-hydrogen) atoms. The fourth-order valence-corrected chi connectivity index (χ4v) is 4.40. The van der Waals surface area contributed by atoms with Crippen molar-refractivity contribution >= 4 is 45.0 Å². The second-order valence-corrected chi connectivity index (χ2v) is 7.49. The van der Waals surface area contributed by atoms with Crippen LogP contribution in [0.1, 0.15) is 30.1 Å². The fraction of sp³-hybridized carbons (Fsp3) is 0.250. The van der Waals surface area contributed by atoms with Crippen LogP contribution >= 0.6 is 15.9 Å². The number of hydrogen-bond acceptors (Lipinski definition) is 3. The van der Waals surface area contributed by atoms with Crippen LogP contribution in [0.4, 0.5) is 11.4 Å². The summed E-state index contributed by atoms with van der Waals surface area (Å²) in [6.45, 7) is 2.14. The van der Waals surface area contributed by atoms with Gasteiger partial charge in [0.05, 0.1) is 11.3 Å². The van der Waals surface area contributed by atoms with E-state index >= 15 is 0 Å². The minimum atomic E-state index is -1.35. The number of carbonyl (C=O) groups excluding carboxylic acids is 3. The van der Waals surface area contributed by atoms with E-state index in [9.17, 15) is 14.4 Å². The summed E-state index contributed by atoms with van der Waals surface area (Å²) in [6.07, 6.45) is 0.476. The molecule has 1 saturated heterocycles. The number of para-hydroxylation sites is 1. The van der Waals surface area contributed by atoms with E-state index in [0.29, 0.717) is 23.5 Å². The lowest BCUT2D eigenvalue weighted by molar-refractivity contribution is -0.128. The maximum atomic E-state index is 13.4. The van der Waals surface area contributed by atoms with Gasteiger partial charge in [-0.25, -0.2) is 0 Å². The summed E-state index contributed by atoms with van der Waals surface area (Å²) >= 11 is 3.39. The number of hydrogen-bond donors (Lipinski definition) is 1. The Bertz CT molecular complexity index is 961. The van der Waals surface area contributed by atoms with Gasteiger partial charge >= 0.3 is 0 Å². The molecule has 6 nitrogen and oxygen atoms in total. The summed E-state index contributed by atoms with van der Waals surface area (Å²) in [5.74, 6) is -0.766. The number of nitrogens with one attached hydrogen (secondary N) is 1. The first-order chi connectivity index (χ1) is 13.0. The number of amides is 3. The lowest BCUT2D eigenvalue weighted by Crippen LogP contribution is -2.69. The summed E-state index contributed by atoms with van der Waals surface area (Å²) in [7, 11) is 0. The molecule has 0 aliphatic carbocycles. The standard InChI is InChI=1S/C20H18BrN3O3/c1-2-23-18(26)15-8-3-4-9-16(15)24-17(25)10-11-20(23,24)19(27)22-14-7-5-6-13(21)12-14/h3-9,12H,2,10-11H2,1H3,(H,22,27)/t20-/m1/s1. The molecule has 1 N–H and O–H groups in total. The molecule has 2 heterocycles. The van der Waals surface area contributed by atoms with Crippen molar-refractivity contribution < 1.29 is 14.4 Å². The van der Waals surface area contributed by atoms with Gasteiger partial charge in [-0.2, -0.15) is 0 Å². The maximum Gasteiger partial charge on any atom is 0.271 e. The van der Waals surface area contributed by atoms with Crippen molar-refractivity contribution in [3.63, 3.8) is 0 Å². The Hall–Kier alpha value is -2.67. The summed E-state index contributed by atoms with van der Waals surface area (Å²) in [5.41, 5.74) is 0.199. The molecule has 2 aromatic rings. The van der Waals surface area contributed by atoms with E-state index in [1.165, 1.54) is 9.80 Å². The average Bonchev–Trinajstić information content (AvgIpc) is 3.01. The molecule has 3 amide bonds. The maximum absolute atomic E-state index is 13.4. The molecule has 0 spiro atoms. The predicted octanol–water partition coefficient (Wildman–Crippen LogP) is 3.39. The number of carbonyl (C=O) groups is 3. The van der Waals surface area contributed by atoms with Crippen molar-refractivity contribution in [1.82, 2.24) is 4.90 Å². The monoisotopic (exact) mass is 427 g/mol. The minimum Gasteiger partial charge on any atom is -0.322 e. The topological polar surface area (TPSA) is 69.7 Å². The van der Waals surface area contributed by atoms with Crippen molar-refractivity contribution in [3.8, 4) is 0 Å². The van der Waals surface area contributed by atoms with Crippen molar-refractivity contribution in [2.24, 2.45) is 0 Å². The van der Waals surface area contributed by atoms with Crippen LogP contribution < -0.4 is 10.2 Å². The van der Waals surface area contributed by atoms with Crippen molar-refractivity contribution in [2.45, 2.75) is 25.4 Å². The van der Waals surface area contributed by atoms with E-state index < -0.39 is 5.66 Å². The second-order valence-electron chi connectivity index (χ2n) is 6.58. The Morgan fingerprint density at radius 2 is 1.96 bits per heavy atom. The van der Waals surface area contributed by atoms with Crippen LogP contribution in [0.25, 0.3) is 0 Å². The van der Waals surface area contributed by atoms with Gasteiger partial charge in [0.2, 0.25) is 11.6 Å². The van der Waals surface area contributed by atoms with Gasteiger partial charge in [0.1, 0.15) is 0 Å². The third kappa shape index (κ3) is 2.56. The lowest BCUT2D eigenvalue weighted by atomic mass is 9.95. The molecule has 138 valence electrons. The van der Waals surface area contributed by atoms with Gasteiger partial charge in [-0.1, -0.05) is 34.1 Å². The highest BCUT2D eigenvalue weighted by molar-refractivity contribution is 9.10. The van der Waals surface area contributed by atoms with Gasteiger partial charge in [0.15, 0.2) is 0 Å². The molecule has 7 heteroatoms. The van der Waals surface area contributed by atoms with Crippen molar-refractivity contribution in [3.05, 3.63) is 58.6 Å². The van der Waals surface area contributed by atoms with E-state index in [0.717, 1.165) is 4.47 Å². The van der Waals surface area contributed by atoms with Crippen LogP contribution in [-0.2, 0) is 9.59 Å². The van der Waals surface area contributed by atoms with Crippen molar-refractivity contribution in [2.75, 3.05) is 16.8 Å². The number of anilines is 2. The van der Waals surface area contributed by atoms with Crippen LogP contribution in [0.15, 0.2) is 53.0 Å². The van der Waals surface area contributed by atoms with Gasteiger partial charge in [-0.05, 0) is 37.3 Å². The highest BCUT2D eigenvalue weighted by Gasteiger charge is 2.60. The summed E-state index contributed by atoms with van der Waals surface area (Å²) in [4.78, 5) is 42.3. The Morgan fingerprint density at radius 3 is 2.70 bits per heavy atom. The molecule has 2 aromatic carbocycles. The molecule has 0 radical (unpaired) electrons. The molecule has 1 atom stereocenters. The van der Waals surface area contributed by atoms with Gasteiger partial charge in [0.25, 0.3) is 11.8 Å². The molecule has 1 fully saturated rings. The highest BCUT2D eigenvalue weighted by atomic mass is 79.9. The number of halogens is 1. The molecule has 0 aromatic heterocycles. The van der Waals surface area contributed by atoms with Crippen LogP contribution in [0.2, 0.25) is 0 Å². The fourth-order valence-electron chi connectivity index (χ4n) is 4.00. The van der Waals surface area contributed by atoms with E-state index in [4.69, 9.17) is 0 Å². The molecule has 4 rings (SSSR count). The first-order valence-electron chi connectivity index (χ1n) is 8.80. The third-order valence-corrected chi connectivity index (χ3v) is 5.63. The molecule has 2 aliphatic rings. The zero-order valence-electron chi connectivity index (χ0n) is 14.7. The van der Waals surface area contributed by atoms with E-state index in [1.807, 2.05) is 19.1 Å². The lowest BCUT2D eigenvalue weighted by Gasteiger charge is -2.48. The summed E-state index contributed by atoms with van der Waals surface area (Å²) in [5, 5.41) is 2.89. The molecular formula is C20H18BrN3O3. The largest absolute Gasteiger partial charge is 0.322 e. The smallest absolute Gasteiger partial charge is 0.271 e. The average molecular weight is 428 g/mol. The Balaban J connectivity index is 1.84. The number of likely N-dealkylation sites (N-methyl/N-ethyl adjacent to an activating group) is 1. The molecular weight excluding hydrogens is 410 g/mol. The summed E-state index contributed by atoms with van der Waals surface area (Å²) in [6, 6.07) is 14.2. The van der Waals surface area contributed by atoms with Crippen molar-refractivity contribution in [1.29, 1.82) is 0 Å². The van der Waals surface area contributed by atoms with Gasteiger partial charge in [-0.15, -0.1) is 0 Å². The summed E-state index contributed by atoms with van der Waals surface area (Å²) < 4.78 is 0.828. The molecule has 0 saturated carbocycles. The van der Waals surface area contributed by atoms with Crippen LogP contribution in [-0.4, -0.2) is 34.8 Å².